The zero-order valence-corrected chi connectivity index (χ0v) is 20.9. The van der Waals surface area contributed by atoms with Crippen LogP contribution in [0.2, 0.25) is 0 Å². The lowest BCUT2D eigenvalue weighted by atomic mass is 9.98. The summed E-state index contributed by atoms with van der Waals surface area (Å²) in [5.74, 6) is -0.299. The fourth-order valence-electron chi connectivity index (χ4n) is 4.62. The lowest BCUT2D eigenvalue weighted by Gasteiger charge is -2.40. The van der Waals surface area contributed by atoms with Gasteiger partial charge in [-0.2, -0.15) is 22.3 Å². The molecule has 0 radical (unpaired) electrons. The van der Waals surface area contributed by atoms with Crippen molar-refractivity contribution in [2.24, 2.45) is 11.8 Å². The highest BCUT2D eigenvalue weighted by molar-refractivity contribution is 7.86. The summed E-state index contributed by atoms with van der Waals surface area (Å²) in [6, 6.07) is 8.29. The van der Waals surface area contributed by atoms with Crippen LogP contribution in [0.15, 0.2) is 18.2 Å². The van der Waals surface area contributed by atoms with E-state index in [1.54, 1.807) is 0 Å². The minimum atomic E-state index is -3.51. The van der Waals surface area contributed by atoms with Crippen LogP contribution < -0.4 is 5.32 Å². The van der Waals surface area contributed by atoms with E-state index >= 15 is 0 Å². The zero-order valence-electron chi connectivity index (χ0n) is 20.1. The van der Waals surface area contributed by atoms with Crippen LogP contribution in [0.5, 0.6) is 0 Å². The molecule has 10 heteroatoms. The molecule has 1 atom stereocenters. The van der Waals surface area contributed by atoms with Gasteiger partial charge in [0.1, 0.15) is 0 Å². The van der Waals surface area contributed by atoms with E-state index in [-0.39, 0.29) is 38.8 Å². The van der Waals surface area contributed by atoms with Crippen molar-refractivity contribution in [1.82, 2.24) is 18.8 Å². The molecular formula is C24H37N5O4S. The third kappa shape index (κ3) is 6.34. The second-order valence-electron chi connectivity index (χ2n) is 9.31. The zero-order chi connectivity index (χ0) is 24.7. The van der Waals surface area contributed by atoms with E-state index < -0.39 is 10.2 Å². The molecule has 0 aliphatic carbocycles. The molecule has 3 aliphatic heterocycles. The van der Waals surface area contributed by atoms with Gasteiger partial charge in [0.15, 0.2) is 0 Å². The van der Waals surface area contributed by atoms with Gasteiger partial charge >= 0.3 is 0 Å². The Morgan fingerprint density at radius 3 is 2.47 bits per heavy atom. The van der Waals surface area contributed by atoms with Crippen LogP contribution in [0.1, 0.15) is 43.8 Å². The number of hydrogen-bond donors (Lipinski definition) is 1. The maximum atomic E-state index is 12.5. The Morgan fingerprint density at radius 1 is 1.15 bits per heavy atom. The van der Waals surface area contributed by atoms with Crippen molar-refractivity contribution in [3.05, 3.63) is 34.9 Å². The monoisotopic (exact) mass is 491 g/mol. The van der Waals surface area contributed by atoms with Gasteiger partial charge < -0.3 is 10.2 Å². The number of likely N-dealkylation sites (tertiary alicyclic amines) is 1. The number of piperidine rings is 1. The van der Waals surface area contributed by atoms with Gasteiger partial charge in [0.05, 0.1) is 17.9 Å². The molecule has 4 rings (SSSR count). The van der Waals surface area contributed by atoms with E-state index in [9.17, 15) is 18.0 Å². The van der Waals surface area contributed by atoms with Crippen LogP contribution >= 0.6 is 0 Å². The van der Waals surface area contributed by atoms with Crippen molar-refractivity contribution >= 4 is 22.5 Å². The SMILES string of the molecule is Cc1ccc(CNC=O)c(C)c1.N#CC1CN(S(=O)(=O)N2CCC[C@H](C(=O)N3CCCC3)C2)C1.[HH]. The fourth-order valence-corrected chi connectivity index (χ4v) is 6.41. The summed E-state index contributed by atoms with van der Waals surface area (Å²) in [5.41, 5.74) is 3.65. The molecule has 3 heterocycles. The molecule has 188 valence electrons. The first-order valence-corrected chi connectivity index (χ1v) is 13.3. The number of rotatable bonds is 6. The molecule has 9 nitrogen and oxygen atoms in total. The van der Waals surface area contributed by atoms with Crippen molar-refractivity contribution in [2.45, 2.75) is 46.1 Å². The summed E-state index contributed by atoms with van der Waals surface area (Å²) >= 11 is 0. The van der Waals surface area contributed by atoms with Gasteiger partial charge in [-0.3, -0.25) is 9.59 Å². The van der Waals surface area contributed by atoms with Crippen molar-refractivity contribution in [2.75, 3.05) is 39.3 Å². The second-order valence-corrected chi connectivity index (χ2v) is 11.2. The van der Waals surface area contributed by atoms with Gasteiger partial charge in [-0.15, -0.1) is 0 Å². The summed E-state index contributed by atoms with van der Waals surface area (Å²) in [6.07, 6.45) is 4.30. The Bertz CT molecular complexity index is 1020. The van der Waals surface area contributed by atoms with Gasteiger partial charge in [-0.1, -0.05) is 23.8 Å². The molecule has 3 saturated heterocycles. The van der Waals surface area contributed by atoms with Crippen LogP contribution in [0.3, 0.4) is 0 Å². The van der Waals surface area contributed by atoms with E-state index in [1.807, 2.05) is 11.0 Å². The van der Waals surface area contributed by atoms with Gasteiger partial charge in [0, 0.05) is 47.2 Å². The predicted octanol–water partition coefficient (Wildman–Crippen LogP) is 1.82. The highest BCUT2D eigenvalue weighted by Crippen LogP contribution is 2.27. The van der Waals surface area contributed by atoms with E-state index in [0.717, 1.165) is 45.2 Å². The Balaban J connectivity index is 0.000000284. The predicted molar refractivity (Wildman–Crippen MR) is 131 cm³/mol. The average molecular weight is 492 g/mol. The molecule has 3 fully saturated rings. The second kappa shape index (κ2) is 11.8. The smallest absolute Gasteiger partial charge is 0.282 e. The average Bonchev–Trinajstić information content (AvgIpc) is 3.33. The van der Waals surface area contributed by atoms with Gasteiger partial charge in [0.25, 0.3) is 10.2 Å². The summed E-state index contributed by atoms with van der Waals surface area (Å²) in [5, 5.41) is 11.4. The van der Waals surface area contributed by atoms with E-state index in [2.05, 4.69) is 37.4 Å². The minimum Gasteiger partial charge on any atom is -0.355 e. The first kappa shape index (κ1) is 26.1. The van der Waals surface area contributed by atoms with Gasteiger partial charge in [0.2, 0.25) is 12.3 Å². The lowest BCUT2D eigenvalue weighted by Crippen LogP contribution is -2.57. The molecular weight excluding hydrogens is 454 g/mol. The molecule has 0 bridgehead atoms. The lowest BCUT2D eigenvalue weighted by molar-refractivity contribution is -0.135. The van der Waals surface area contributed by atoms with Crippen LogP contribution in [-0.2, 0) is 26.3 Å². The van der Waals surface area contributed by atoms with Crippen LogP contribution in [0, 0.1) is 37.0 Å². The van der Waals surface area contributed by atoms with Crippen LogP contribution in [-0.4, -0.2) is 73.5 Å². The molecule has 1 aromatic rings. The maximum absolute atomic E-state index is 12.5. The number of nitrogens with one attached hydrogen (secondary N) is 1. The number of nitrogens with zero attached hydrogens (tertiary/aromatic N) is 4. The molecule has 2 amide bonds. The Hall–Kier alpha value is -2.48. The molecule has 1 aromatic carbocycles. The third-order valence-electron chi connectivity index (χ3n) is 6.71. The van der Waals surface area contributed by atoms with E-state index in [1.165, 1.54) is 25.3 Å². The molecule has 34 heavy (non-hydrogen) atoms. The first-order valence-electron chi connectivity index (χ1n) is 11.9. The van der Waals surface area contributed by atoms with Crippen molar-refractivity contribution in [3.8, 4) is 6.07 Å². The van der Waals surface area contributed by atoms with E-state index in [4.69, 9.17) is 5.26 Å². The number of benzene rings is 1. The topological polar surface area (TPSA) is 114 Å². The normalized spacial score (nSPS) is 21.7. The Labute approximate surface area is 204 Å². The number of hydrogen-bond acceptors (Lipinski definition) is 5. The van der Waals surface area contributed by atoms with E-state index in [0.29, 0.717) is 13.1 Å². The first-order chi connectivity index (χ1) is 16.3. The number of carbonyl (C=O) groups is 2. The summed E-state index contributed by atoms with van der Waals surface area (Å²) < 4.78 is 27.9. The summed E-state index contributed by atoms with van der Waals surface area (Å²) in [4.78, 5) is 24.4. The standard InChI is InChI=1S/C14H22N4O3S.C10H13NO.H2/c15-8-12-9-18(10-12)22(20,21)17-7-3-4-13(11-17)14(19)16-5-1-2-6-16;1-8-3-4-10(6-11-7-12)9(2)5-8;/h12-13H,1-7,9-11H2;3-5,7H,6H2,1-2H3,(H,11,12);1H/t13-;;/m0../s1. The highest BCUT2D eigenvalue weighted by Gasteiger charge is 2.42. The minimum absolute atomic E-state index is 0. The number of aryl methyl sites for hydroxylation is 2. The largest absolute Gasteiger partial charge is 0.355 e. The fraction of sp³-hybridized carbons (Fsp3) is 0.625. The molecule has 0 unspecified atom stereocenters. The summed E-state index contributed by atoms with van der Waals surface area (Å²) in [6.45, 7) is 7.65. The van der Waals surface area contributed by atoms with Crippen molar-refractivity contribution < 1.29 is 19.4 Å². The molecule has 1 N–H and O–H groups in total. The number of nitriles is 1. The van der Waals surface area contributed by atoms with Gasteiger partial charge in [-0.25, -0.2) is 0 Å². The summed E-state index contributed by atoms with van der Waals surface area (Å²) in [7, 11) is -3.51. The van der Waals surface area contributed by atoms with Gasteiger partial charge in [-0.05, 0) is 50.7 Å². The third-order valence-corrected chi connectivity index (χ3v) is 8.64. The molecule has 0 aromatic heterocycles. The van der Waals surface area contributed by atoms with Crippen molar-refractivity contribution in [3.63, 3.8) is 0 Å². The Morgan fingerprint density at radius 2 is 1.85 bits per heavy atom. The number of amides is 2. The molecule has 0 saturated carbocycles. The Kier molecular flexibility index (Phi) is 9.05. The van der Waals surface area contributed by atoms with Crippen LogP contribution in [0.25, 0.3) is 0 Å². The highest BCUT2D eigenvalue weighted by atomic mass is 32.2. The molecule has 3 aliphatic rings. The molecule has 0 spiro atoms. The van der Waals surface area contributed by atoms with Crippen LogP contribution in [0.4, 0.5) is 0 Å². The van der Waals surface area contributed by atoms with Crippen molar-refractivity contribution in [1.29, 1.82) is 5.26 Å². The maximum Gasteiger partial charge on any atom is 0.282 e. The number of carbonyl (C=O) groups excluding carboxylic acids is 2. The quantitative estimate of drug-likeness (QED) is 0.610.